The Morgan fingerprint density at radius 1 is 1.58 bits per heavy atom. The van der Waals surface area contributed by atoms with E-state index in [1.807, 2.05) is 13.8 Å². The van der Waals surface area contributed by atoms with E-state index in [4.69, 9.17) is 0 Å². The Balaban J connectivity index is 3.00. The number of hydrogen-bond donors (Lipinski definition) is 0. The van der Waals surface area contributed by atoms with Crippen molar-refractivity contribution in [1.82, 2.24) is 0 Å². The molecule has 12 heavy (non-hydrogen) atoms. The van der Waals surface area contributed by atoms with Gasteiger partial charge in [-0.15, -0.1) is 0 Å². The molecule has 3 nitrogen and oxygen atoms in total. The van der Waals surface area contributed by atoms with Gasteiger partial charge in [0.05, 0.1) is 4.92 Å². The summed E-state index contributed by atoms with van der Waals surface area (Å²) in [6.45, 7) is 3.91. The molecule has 1 aliphatic rings. The molecule has 0 bridgehead atoms. The molecule has 66 valence electrons. The summed E-state index contributed by atoms with van der Waals surface area (Å²) in [7, 11) is 0. The van der Waals surface area contributed by atoms with Gasteiger partial charge in [-0.1, -0.05) is 12.5 Å². The number of nitro groups is 1. The molecule has 1 aliphatic carbocycles. The Kier molecular flexibility index (Phi) is 2.63. The highest BCUT2D eigenvalue weighted by molar-refractivity contribution is 5.27. The summed E-state index contributed by atoms with van der Waals surface area (Å²) in [5.74, 6) is 0. The molecule has 0 saturated carbocycles. The highest BCUT2D eigenvalue weighted by atomic mass is 16.6. The Bertz CT molecular complexity index is 264. The second-order valence-electron chi connectivity index (χ2n) is 3.09. The van der Waals surface area contributed by atoms with Crippen LogP contribution in [0.1, 0.15) is 33.1 Å². The highest BCUT2D eigenvalue weighted by Gasteiger charge is 2.18. The van der Waals surface area contributed by atoms with Crippen LogP contribution >= 0.6 is 0 Å². The van der Waals surface area contributed by atoms with Gasteiger partial charge in [0.1, 0.15) is 0 Å². The van der Waals surface area contributed by atoms with Crippen molar-refractivity contribution in [3.8, 4) is 0 Å². The number of allylic oxidation sites excluding steroid dienone is 3. The van der Waals surface area contributed by atoms with Crippen molar-refractivity contribution < 1.29 is 4.92 Å². The average Bonchev–Trinajstić information content (AvgIpc) is 2.04. The minimum Gasteiger partial charge on any atom is -0.258 e. The second kappa shape index (κ2) is 3.52. The first kappa shape index (κ1) is 8.97. The van der Waals surface area contributed by atoms with E-state index in [1.54, 1.807) is 6.08 Å². The zero-order valence-corrected chi connectivity index (χ0v) is 7.46. The molecule has 1 rings (SSSR count). The lowest BCUT2D eigenvalue weighted by Crippen LogP contribution is -2.05. The lowest BCUT2D eigenvalue weighted by Gasteiger charge is -2.10. The molecule has 0 fully saturated rings. The third-order valence-electron chi connectivity index (χ3n) is 2.19. The van der Waals surface area contributed by atoms with Crippen molar-refractivity contribution in [3.05, 3.63) is 33.0 Å². The van der Waals surface area contributed by atoms with Crippen LogP contribution in [0, 0.1) is 10.1 Å². The largest absolute Gasteiger partial charge is 0.268 e. The van der Waals surface area contributed by atoms with Crippen LogP contribution in [0.25, 0.3) is 0 Å². The van der Waals surface area contributed by atoms with Crippen LogP contribution in [0.15, 0.2) is 22.9 Å². The van der Waals surface area contributed by atoms with Crippen LogP contribution in [0.2, 0.25) is 0 Å². The van der Waals surface area contributed by atoms with E-state index in [2.05, 4.69) is 0 Å². The van der Waals surface area contributed by atoms with Crippen LogP contribution in [-0.2, 0) is 0 Å². The summed E-state index contributed by atoms with van der Waals surface area (Å²) in [6.07, 6.45) is 4.32. The fraction of sp³-hybridized carbons (Fsp3) is 0.556. The lowest BCUT2D eigenvalue weighted by atomic mass is 9.95. The fourth-order valence-electron chi connectivity index (χ4n) is 1.42. The third-order valence-corrected chi connectivity index (χ3v) is 2.19. The number of hydrogen-bond acceptors (Lipinski definition) is 2. The monoisotopic (exact) mass is 167 g/mol. The standard InChI is InChI=1S/C9H13NO2/c1-3-8-5-4-7(2)6-9(8)10(11)12/h6H,3-5H2,1-2H3. The van der Waals surface area contributed by atoms with Crippen molar-refractivity contribution in [3.63, 3.8) is 0 Å². The van der Waals surface area contributed by atoms with Crippen molar-refractivity contribution in [2.75, 3.05) is 0 Å². The van der Waals surface area contributed by atoms with Crippen molar-refractivity contribution >= 4 is 0 Å². The highest BCUT2D eigenvalue weighted by Crippen LogP contribution is 2.25. The molecule has 0 unspecified atom stereocenters. The van der Waals surface area contributed by atoms with Gasteiger partial charge in [0, 0.05) is 11.6 Å². The summed E-state index contributed by atoms with van der Waals surface area (Å²) in [4.78, 5) is 10.3. The Labute approximate surface area is 71.9 Å². The normalized spacial score (nSPS) is 17.7. The van der Waals surface area contributed by atoms with E-state index in [0.717, 1.165) is 30.4 Å². The van der Waals surface area contributed by atoms with Crippen LogP contribution in [0.5, 0.6) is 0 Å². The maximum atomic E-state index is 10.6. The minimum atomic E-state index is -0.276. The second-order valence-corrected chi connectivity index (χ2v) is 3.09. The van der Waals surface area contributed by atoms with Crippen LogP contribution in [0.3, 0.4) is 0 Å². The number of nitrogens with zero attached hydrogens (tertiary/aromatic N) is 1. The molecule has 0 saturated heterocycles. The van der Waals surface area contributed by atoms with E-state index in [9.17, 15) is 10.1 Å². The maximum Gasteiger partial charge on any atom is 0.268 e. The van der Waals surface area contributed by atoms with Crippen LogP contribution in [0.4, 0.5) is 0 Å². The van der Waals surface area contributed by atoms with E-state index in [-0.39, 0.29) is 4.92 Å². The Morgan fingerprint density at radius 3 is 2.75 bits per heavy atom. The summed E-state index contributed by atoms with van der Waals surface area (Å²) in [5.41, 5.74) is 2.41. The predicted molar refractivity (Wildman–Crippen MR) is 47.3 cm³/mol. The molecule has 3 heteroatoms. The summed E-state index contributed by atoms with van der Waals surface area (Å²) < 4.78 is 0. The molecular formula is C9H13NO2. The van der Waals surface area contributed by atoms with Gasteiger partial charge >= 0.3 is 0 Å². The predicted octanol–water partition coefficient (Wildman–Crippen LogP) is 2.67. The van der Waals surface area contributed by atoms with Gasteiger partial charge in [0.25, 0.3) is 5.70 Å². The van der Waals surface area contributed by atoms with Crippen LogP contribution in [-0.4, -0.2) is 4.92 Å². The van der Waals surface area contributed by atoms with Crippen molar-refractivity contribution in [2.45, 2.75) is 33.1 Å². The smallest absolute Gasteiger partial charge is 0.258 e. The third kappa shape index (κ3) is 1.72. The van der Waals surface area contributed by atoms with Gasteiger partial charge in [-0.25, -0.2) is 0 Å². The Hall–Kier alpha value is -1.12. The quantitative estimate of drug-likeness (QED) is 0.468. The Morgan fingerprint density at radius 2 is 2.25 bits per heavy atom. The van der Waals surface area contributed by atoms with E-state index >= 15 is 0 Å². The molecule has 0 aromatic rings. The molecule has 0 amide bonds. The van der Waals surface area contributed by atoms with E-state index < -0.39 is 0 Å². The first-order valence-corrected chi connectivity index (χ1v) is 4.18. The minimum absolute atomic E-state index is 0.276. The van der Waals surface area contributed by atoms with Gasteiger partial charge < -0.3 is 0 Å². The van der Waals surface area contributed by atoms with Gasteiger partial charge in [0.15, 0.2) is 0 Å². The van der Waals surface area contributed by atoms with Crippen molar-refractivity contribution in [1.29, 1.82) is 0 Å². The summed E-state index contributed by atoms with van der Waals surface area (Å²) in [6, 6.07) is 0. The molecule has 0 atom stereocenters. The fourth-order valence-corrected chi connectivity index (χ4v) is 1.42. The van der Waals surface area contributed by atoms with Crippen LogP contribution < -0.4 is 0 Å². The zero-order chi connectivity index (χ0) is 9.14. The molecule has 0 radical (unpaired) electrons. The first-order chi connectivity index (χ1) is 5.65. The van der Waals surface area contributed by atoms with Crippen molar-refractivity contribution in [2.24, 2.45) is 0 Å². The summed E-state index contributed by atoms with van der Waals surface area (Å²) >= 11 is 0. The zero-order valence-electron chi connectivity index (χ0n) is 7.46. The average molecular weight is 167 g/mol. The topological polar surface area (TPSA) is 43.1 Å². The molecule has 0 aromatic carbocycles. The molecular weight excluding hydrogens is 154 g/mol. The maximum absolute atomic E-state index is 10.6. The van der Waals surface area contributed by atoms with E-state index in [0.29, 0.717) is 5.70 Å². The number of rotatable bonds is 2. The lowest BCUT2D eigenvalue weighted by molar-refractivity contribution is -0.420. The van der Waals surface area contributed by atoms with Gasteiger partial charge in [0.2, 0.25) is 0 Å². The summed E-state index contributed by atoms with van der Waals surface area (Å²) in [5, 5.41) is 10.6. The van der Waals surface area contributed by atoms with E-state index in [1.165, 1.54) is 0 Å². The molecule has 0 aliphatic heterocycles. The molecule has 0 heterocycles. The SMILES string of the molecule is CCC1=C([N+](=O)[O-])C=C(C)CC1. The van der Waals surface area contributed by atoms with Gasteiger partial charge in [-0.05, 0) is 26.2 Å². The van der Waals surface area contributed by atoms with Gasteiger partial charge in [-0.2, -0.15) is 0 Å². The molecule has 0 aromatic heterocycles. The van der Waals surface area contributed by atoms with Gasteiger partial charge in [-0.3, -0.25) is 10.1 Å². The first-order valence-electron chi connectivity index (χ1n) is 4.18. The molecule has 0 spiro atoms. The molecule has 0 N–H and O–H groups in total.